The van der Waals surface area contributed by atoms with Gasteiger partial charge >= 0.3 is 0 Å². The normalized spacial score (nSPS) is 21.9. The number of rotatable bonds is 6. The summed E-state index contributed by atoms with van der Waals surface area (Å²) in [5, 5.41) is 2.96. The number of carbonyl (C=O) groups is 2. The molecule has 1 aromatic rings. The van der Waals surface area contributed by atoms with Crippen molar-refractivity contribution < 1.29 is 9.59 Å². The summed E-state index contributed by atoms with van der Waals surface area (Å²) in [5.41, 5.74) is 0. The predicted octanol–water partition coefficient (Wildman–Crippen LogP) is 1.80. The Labute approximate surface area is 137 Å². The average molecular weight is 318 g/mol. The second-order valence-electron chi connectivity index (χ2n) is 5.79. The predicted molar refractivity (Wildman–Crippen MR) is 88.5 cm³/mol. The summed E-state index contributed by atoms with van der Waals surface area (Å²) in [6.45, 7) is 5.10. The third-order valence-electron chi connectivity index (χ3n) is 4.30. The molecule has 1 saturated heterocycles. The molecule has 1 aromatic heterocycles. The van der Waals surface area contributed by atoms with Crippen LogP contribution >= 0.6 is 0 Å². The molecular weight excluding hydrogens is 292 g/mol. The summed E-state index contributed by atoms with van der Waals surface area (Å²) >= 11 is 0. The van der Waals surface area contributed by atoms with Gasteiger partial charge in [0.15, 0.2) is 0 Å². The van der Waals surface area contributed by atoms with Crippen molar-refractivity contribution in [1.29, 1.82) is 0 Å². The highest BCUT2D eigenvalue weighted by atomic mass is 16.2. The molecule has 0 unspecified atom stereocenters. The molecule has 0 radical (unpaired) electrons. The quantitative estimate of drug-likeness (QED) is 0.813. The Bertz CT molecular complexity index is 579. The first-order chi connectivity index (χ1) is 11.1. The molecule has 2 heterocycles. The molecule has 0 spiro atoms. The Hall–Kier alpha value is -2.11. The number of nitrogens with one attached hydrogen (secondary N) is 1. The van der Waals surface area contributed by atoms with Crippen LogP contribution in [0.5, 0.6) is 0 Å². The second kappa shape index (κ2) is 7.94. The molecule has 2 atom stereocenters. The standard InChI is InChI=1S/C17H26N4O2/c1-4-6-7-10-19-17(23)13-8-9-14(22)21(5-2)15(13)16-18-11-12-20(16)3/h6-7,11-13,15H,4-5,8-10H2,1-3H3,(H,19,23)/b7-6+/t13-,15-/m0/s1. The third-order valence-corrected chi connectivity index (χ3v) is 4.30. The van der Waals surface area contributed by atoms with Gasteiger partial charge in [0.05, 0.1) is 5.92 Å². The lowest BCUT2D eigenvalue weighted by molar-refractivity contribution is -0.143. The molecule has 1 aliphatic rings. The average Bonchev–Trinajstić information content (AvgIpc) is 2.96. The van der Waals surface area contributed by atoms with Crippen LogP contribution in [0.3, 0.4) is 0 Å². The maximum atomic E-state index is 12.6. The molecule has 1 fully saturated rings. The van der Waals surface area contributed by atoms with Gasteiger partial charge in [0.1, 0.15) is 11.9 Å². The van der Waals surface area contributed by atoms with Gasteiger partial charge in [0, 0.05) is 39.0 Å². The first-order valence-corrected chi connectivity index (χ1v) is 8.29. The molecule has 0 aromatic carbocycles. The maximum Gasteiger partial charge on any atom is 0.225 e. The van der Waals surface area contributed by atoms with Crippen molar-refractivity contribution in [1.82, 2.24) is 19.8 Å². The molecular formula is C17H26N4O2. The van der Waals surface area contributed by atoms with Gasteiger partial charge in [0.2, 0.25) is 11.8 Å². The molecule has 6 nitrogen and oxygen atoms in total. The van der Waals surface area contributed by atoms with Crippen molar-refractivity contribution in [2.24, 2.45) is 13.0 Å². The molecule has 126 valence electrons. The SMILES string of the molecule is CC/C=C/CNC(=O)[C@H]1CCC(=O)N(CC)[C@@H]1c1nccn1C. The van der Waals surface area contributed by atoms with Crippen molar-refractivity contribution in [3.8, 4) is 0 Å². The topological polar surface area (TPSA) is 67.2 Å². The molecule has 2 amide bonds. The second-order valence-corrected chi connectivity index (χ2v) is 5.79. The summed E-state index contributed by atoms with van der Waals surface area (Å²) in [7, 11) is 1.90. The highest BCUT2D eigenvalue weighted by Crippen LogP contribution is 2.35. The minimum atomic E-state index is -0.295. The minimum absolute atomic E-state index is 0.00953. The van der Waals surface area contributed by atoms with Gasteiger partial charge < -0.3 is 14.8 Å². The van der Waals surface area contributed by atoms with Crippen molar-refractivity contribution in [2.45, 2.75) is 39.2 Å². The smallest absolute Gasteiger partial charge is 0.225 e. The zero-order valence-corrected chi connectivity index (χ0v) is 14.2. The van der Waals surface area contributed by atoms with E-state index in [0.29, 0.717) is 25.9 Å². The van der Waals surface area contributed by atoms with Gasteiger partial charge in [-0.2, -0.15) is 0 Å². The number of nitrogens with zero attached hydrogens (tertiary/aromatic N) is 3. The van der Waals surface area contributed by atoms with Crippen LogP contribution < -0.4 is 5.32 Å². The number of allylic oxidation sites excluding steroid dienone is 1. The van der Waals surface area contributed by atoms with Gasteiger partial charge in [-0.25, -0.2) is 4.98 Å². The van der Waals surface area contributed by atoms with E-state index < -0.39 is 0 Å². The maximum absolute atomic E-state index is 12.6. The number of hydrogen-bond donors (Lipinski definition) is 1. The lowest BCUT2D eigenvalue weighted by atomic mass is 9.87. The van der Waals surface area contributed by atoms with Crippen LogP contribution in [-0.4, -0.2) is 39.4 Å². The van der Waals surface area contributed by atoms with Gasteiger partial charge in [-0.05, 0) is 19.8 Å². The Morgan fingerprint density at radius 3 is 2.83 bits per heavy atom. The molecule has 23 heavy (non-hydrogen) atoms. The molecule has 2 rings (SSSR count). The van der Waals surface area contributed by atoms with E-state index in [1.165, 1.54) is 0 Å². The fourth-order valence-corrected chi connectivity index (χ4v) is 3.12. The highest BCUT2D eigenvalue weighted by molar-refractivity contribution is 5.84. The number of hydrogen-bond acceptors (Lipinski definition) is 3. The van der Waals surface area contributed by atoms with E-state index in [0.717, 1.165) is 12.2 Å². The van der Waals surface area contributed by atoms with Gasteiger partial charge in [-0.3, -0.25) is 9.59 Å². The summed E-state index contributed by atoms with van der Waals surface area (Å²) in [6, 6.07) is -0.295. The fraction of sp³-hybridized carbons (Fsp3) is 0.588. The zero-order chi connectivity index (χ0) is 16.8. The van der Waals surface area contributed by atoms with Crippen molar-refractivity contribution in [3.05, 3.63) is 30.4 Å². The van der Waals surface area contributed by atoms with Crippen LogP contribution in [-0.2, 0) is 16.6 Å². The van der Waals surface area contributed by atoms with Crippen LogP contribution in [0.4, 0.5) is 0 Å². The number of likely N-dealkylation sites (tertiary alicyclic amines) is 1. The Balaban J connectivity index is 2.21. The van der Waals surface area contributed by atoms with E-state index >= 15 is 0 Å². The largest absolute Gasteiger partial charge is 0.352 e. The van der Waals surface area contributed by atoms with Crippen LogP contribution in [0.2, 0.25) is 0 Å². The molecule has 6 heteroatoms. The molecule has 0 saturated carbocycles. The number of carbonyl (C=O) groups excluding carboxylic acids is 2. The Morgan fingerprint density at radius 2 is 2.22 bits per heavy atom. The number of aromatic nitrogens is 2. The number of amides is 2. The van der Waals surface area contributed by atoms with E-state index in [-0.39, 0.29) is 23.8 Å². The summed E-state index contributed by atoms with van der Waals surface area (Å²) in [6.07, 6.45) is 9.47. The Kier molecular flexibility index (Phi) is 5.96. The highest BCUT2D eigenvalue weighted by Gasteiger charge is 2.41. The first-order valence-electron chi connectivity index (χ1n) is 8.29. The van der Waals surface area contributed by atoms with Crippen molar-refractivity contribution >= 4 is 11.8 Å². The Morgan fingerprint density at radius 1 is 1.43 bits per heavy atom. The summed E-state index contributed by atoms with van der Waals surface area (Å²) < 4.78 is 1.89. The van der Waals surface area contributed by atoms with Gasteiger partial charge in [-0.15, -0.1) is 0 Å². The number of piperidine rings is 1. The number of aryl methyl sites for hydroxylation is 1. The lowest BCUT2D eigenvalue weighted by Crippen LogP contribution is -2.48. The monoisotopic (exact) mass is 318 g/mol. The first kappa shape index (κ1) is 17.2. The molecule has 0 bridgehead atoms. The van der Waals surface area contributed by atoms with Crippen molar-refractivity contribution in [3.63, 3.8) is 0 Å². The van der Waals surface area contributed by atoms with E-state index in [9.17, 15) is 9.59 Å². The number of imidazole rings is 1. The molecule has 1 aliphatic heterocycles. The minimum Gasteiger partial charge on any atom is -0.352 e. The third kappa shape index (κ3) is 3.81. The van der Waals surface area contributed by atoms with E-state index in [1.54, 1.807) is 11.1 Å². The van der Waals surface area contributed by atoms with E-state index in [2.05, 4.69) is 17.2 Å². The fourth-order valence-electron chi connectivity index (χ4n) is 3.12. The van der Waals surface area contributed by atoms with E-state index in [1.807, 2.05) is 36.9 Å². The molecule has 1 N–H and O–H groups in total. The lowest BCUT2D eigenvalue weighted by Gasteiger charge is -2.39. The van der Waals surface area contributed by atoms with Crippen LogP contribution in [0.1, 0.15) is 45.0 Å². The van der Waals surface area contributed by atoms with Crippen LogP contribution in [0, 0.1) is 5.92 Å². The van der Waals surface area contributed by atoms with Gasteiger partial charge in [-0.1, -0.05) is 19.1 Å². The zero-order valence-electron chi connectivity index (χ0n) is 14.2. The van der Waals surface area contributed by atoms with Crippen molar-refractivity contribution in [2.75, 3.05) is 13.1 Å². The van der Waals surface area contributed by atoms with Gasteiger partial charge in [0.25, 0.3) is 0 Å². The van der Waals surface area contributed by atoms with E-state index in [4.69, 9.17) is 0 Å². The van der Waals surface area contributed by atoms with Crippen LogP contribution in [0.15, 0.2) is 24.5 Å². The summed E-state index contributed by atoms with van der Waals surface area (Å²) in [5.74, 6) is 0.591. The van der Waals surface area contributed by atoms with Crippen LogP contribution in [0.25, 0.3) is 0 Å². The molecule has 0 aliphatic carbocycles. The summed E-state index contributed by atoms with van der Waals surface area (Å²) in [4.78, 5) is 31.0.